The summed E-state index contributed by atoms with van der Waals surface area (Å²) in [6.45, 7) is 0.489. The Kier molecular flexibility index (Phi) is 5.89. The zero-order valence-corrected chi connectivity index (χ0v) is 14.6. The topological polar surface area (TPSA) is 102 Å². The molecule has 0 saturated heterocycles. The van der Waals surface area contributed by atoms with Crippen molar-refractivity contribution >= 4 is 28.6 Å². The summed E-state index contributed by atoms with van der Waals surface area (Å²) in [7, 11) is 0. The molecule has 26 heavy (non-hydrogen) atoms. The minimum atomic E-state index is -0.283. The molecular formula is C18H17N5O2S. The van der Waals surface area contributed by atoms with Crippen LogP contribution in [0.3, 0.4) is 0 Å². The standard InChI is InChI=1S/C18H17N5O2S/c19-18-23-22-17(26-18)10-16(24)21-20-11-14-7-4-8-15(9-14)25-12-13-5-2-1-3-6-13/h1-9,11H,10,12H2,(H2,19,23)(H,21,24). The molecule has 0 unspecified atom stereocenters. The number of rotatable bonds is 7. The van der Waals surface area contributed by atoms with E-state index in [0.29, 0.717) is 16.7 Å². The summed E-state index contributed by atoms with van der Waals surface area (Å²) in [5.41, 5.74) is 9.84. The molecule has 0 aliphatic heterocycles. The second-order valence-corrected chi connectivity index (χ2v) is 6.44. The minimum absolute atomic E-state index is 0.0897. The van der Waals surface area contributed by atoms with E-state index in [4.69, 9.17) is 10.5 Å². The third-order valence-corrected chi connectivity index (χ3v) is 4.06. The summed E-state index contributed by atoms with van der Waals surface area (Å²) in [6.07, 6.45) is 1.65. The van der Waals surface area contributed by atoms with Gasteiger partial charge in [-0.05, 0) is 23.3 Å². The van der Waals surface area contributed by atoms with Gasteiger partial charge in [0.25, 0.3) is 0 Å². The molecule has 0 spiro atoms. The average molecular weight is 367 g/mol. The Morgan fingerprint density at radius 2 is 2.04 bits per heavy atom. The number of nitrogens with one attached hydrogen (secondary N) is 1. The number of nitrogens with two attached hydrogens (primary N) is 1. The Balaban J connectivity index is 1.51. The fourth-order valence-electron chi connectivity index (χ4n) is 2.12. The Labute approximate surface area is 154 Å². The number of ether oxygens (including phenoxy) is 1. The Morgan fingerprint density at radius 3 is 2.81 bits per heavy atom. The quantitative estimate of drug-likeness (QED) is 0.493. The number of hydrogen-bond donors (Lipinski definition) is 2. The van der Waals surface area contributed by atoms with E-state index in [1.54, 1.807) is 6.21 Å². The Morgan fingerprint density at radius 1 is 1.19 bits per heavy atom. The second-order valence-electron chi connectivity index (χ2n) is 5.35. The van der Waals surface area contributed by atoms with Gasteiger partial charge in [-0.25, -0.2) is 5.43 Å². The van der Waals surface area contributed by atoms with Gasteiger partial charge in [-0.2, -0.15) is 5.10 Å². The number of amides is 1. The van der Waals surface area contributed by atoms with E-state index in [0.717, 1.165) is 16.9 Å². The van der Waals surface area contributed by atoms with E-state index >= 15 is 0 Å². The predicted octanol–water partition coefficient (Wildman–Crippen LogP) is 2.39. The van der Waals surface area contributed by atoms with Crippen LogP contribution >= 0.6 is 11.3 Å². The van der Waals surface area contributed by atoms with E-state index in [-0.39, 0.29) is 12.3 Å². The van der Waals surface area contributed by atoms with Crippen LogP contribution in [0.25, 0.3) is 0 Å². The molecule has 1 heterocycles. The molecule has 0 radical (unpaired) electrons. The van der Waals surface area contributed by atoms with E-state index in [2.05, 4.69) is 20.7 Å². The number of nitrogens with zero attached hydrogens (tertiary/aromatic N) is 3. The Hall–Kier alpha value is -3.26. The van der Waals surface area contributed by atoms with Crippen molar-refractivity contribution < 1.29 is 9.53 Å². The van der Waals surface area contributed by atoms with Crippen molar-refractivity contribution in [2.45, 2.75) is 13.0 Å². The van der Waals surface area contributed by atoms with Gasteiger partial charge in [-0.3, -0.25) is 4.79 Å². The number of nitrogen functional groups attached to an aromatic ring is 1. The first kappa shape index (κ1) is 17.6. The van der Waals surface area contributed by atoms with Gasteiger partial charge in [-0.1, -0.05) is 53.8 Å². The maximum absolute atomic E-state index is 11.8. The molecule has 0 bridgehead atoms. The van der Waals surface area contributed by atoms with Crippen LogP contribution in [0.1, 0.15) is 16.1 Å². The first-order valence-corrected chi connectivity index (χ1v) is 8.67. The molecule has 3 rings (SSSR count). The van der Waals surface area contributed by atoms with Crippen molar-refractivity contribution in [3.05, 3.63) is 70.7 Å². The lowest BCUT2D eigenvalue weighted by Crippen LogP contribution is -2.19. The molecule has 0 fully saturated rings. The van der Waals surface area contributed by atoms with Gasteiger partial charge in [-0.15, -0.1) is 10.2 Å². The first-order valence-electron chi connectivity index (χ1n) is 7.85. The number of hydrazone groups is 1. The van der Waals surface area contributed by atoms with Gasteiger partial charge < -0.3 is 10.5 Å². The molecule has 1 amide bonds. The molecule has 0 saturated carbocycles. The van der Waals surface area contributed by atoms with Gasteiger partial charge in [0.05, 0.1) is 12.6 Å². The third-order valence-electron chi connectivity index (χ3n) is 3.30. The molecule has 3 N–H and O–H groups in total. The highest BCUT2D eigenvalue weighted by Crippen LogP contribution is 2.14. The number of anilines is 1. The fourth-order valence-corrected chi connectivity index (χ4v) is 2.73. The normalized spacial score (nSPS) is 10.8. The van der Waals surface area contributed by atoms with Crippen LogP contribution in [0.2, 0.25) is 0 Å². The number of benzene rings is 2. The van der Waals surface area contributed by atoms with Crippen molar-refractivity contribution in [3.8, 4) is 5.75 Å². The predicted molar refractivity (Wildman–Crippen MR) is 101 cm³/mol. The maximum atomic E-state index is 11.8. The summed E-state index contributed by atoms with van der Waals surface area (Å²) in [4.78, 5) is 11.8. The summed E-state index contributed by atoms with van der Waals surface area (Å²) in [5.74, 6) is 0.447. The summed E-state index contributed by atoms with van der Waals surface area (Å²) >= 11 is 1.18. The van der Waals surface area contributed by atoms with E-state index < -0.39 is 0 Å². The molecule has 2 aromatic carbocycles. The van der Waals surface area contributed by atoms with E-state index in [1.807, 2.05) is 54.6 Å². The minimum Gasteiger partial charge on any atom is -0.489 e. The lowest BCUT2D eigenvalue weighted by molar-refractivity contribution is -0.120. The number of hydrogen-bond acceptors (Lipinski definition) is 7. The van der Waals surface area contributed by atoms with Crippen molar-refractivity contribution in [1.82, 2.24) is 15.6 Å². The molecule has 0 atom stereocenters. The molecule has 1 aromatic heterocycles. The molecule has 0 aliphatic rings. The van der Waals surface area contributed by atoms with Crippen LogP contribution in [-0.2, 0) is 17.8 Å². The SMILES string of the molecule is Nc1nnc(CC(=O)NN=Cc2cccc(OCc3ccccc3)c2)s1. The van der Waals surface area contributed by atoms with Gasteiger partial charge in [0, 0.05) is 0 Å². The van der Waals surface area contributed by atoms with Crippen LogP contribution in [0.15, 0.2) is 59.7 Å². The van der Waals surface area contributed by atoms with E-state index in [1.165, 1.54) is 11.3 Å². The lowest BCUT2D eigenvalue weighted by Gasteiger charge is -2.06. The number of aromatic nitrogens is 2. The van der Waals surface area contributed by atoms with Crippen molar-refractivity contribution in [1.29, 1.82) is 0 Å². The number of carbonyl (C=O) groups excluding carboxylic acids is 1. The van der Waals surface area contributed by atoms with Crippen LogP contribution in [0.5, 0.6) is 5.75 Å². The highest BCUT2D eigenvalue weighted by atomic mass is 32.1. The maximum Gasteiger partial charge on any atom is 0.247 e. The summed E-state index contributed by atoms with van der Waals surface area (Å²) in [6, 6.07) is 17.4. The summed E-state index contributed by atoms with van der Waals surface area (Å²) in [5, 5.41) is 12.3. The third kappa shape index (κ3) is 5.38. The number of carbonyl (C=O) groups is 1. The van der Waals surface area contributed by atoms with E-state index in [9.17, 15) is 4.79 Å². The molecule has 0 aliphatic carbocycles. The molecule has 132 valence electrons. The molecule has 7 nitrogen and oxygen atoms in total. The van der Waals surface area contributed by atoms with Crippen LogP contribution in [0.4, 0.5) is 5.13 Å². The fraction of sp³-hybridized carbons (Fsp3) is 0.111. The highest BCUT2D eigenvalue weighted by molar-refractivity contribution is 7.15. The zero-order valence-electron chi connectivity index (χ0n) is 13.8. The van der Waals surface area contributed by atoms with Crippen molar-refractivity contribution in [3.63, 3.8) is 0 Å². The van der Waals surface area contributed by atoms with Crippen molar-refractivity contribution in [2.24, 2.45) is 5.10 Å². The van der Waals surface area contributed by atoms with Crippen LogP contribution in [0, 0.1) is 0 Å². The summed E-state index contributed by atoms with van der Waals surface area (Å²) < 4.78 is 5.77. The molecular weight excluding hydrogens is 350 g/mol. The molecule has 3 aromatic rings. The lowest BCUT2D eigenvalue weighted by atomic mass is 10.2. The highest BCUT2D eigenvalue weighted by Gasteiger charge is 2.07. The monoisotopic (exact) mass is 367 g/mol. The first-order chi connectivity index (χ1) is 12.7. The van der Waals surface area contributed by atoms with Gasteiger partial charge in [0.1, 0.15) is 17.4 Å². The van der Waals surface area contributed by atoms with Crippen LogP contribution in [-0.4, -0.2) is 22.3 Å². The van der Waals surface area contributed by atoms with Crippen LogP contribution < -0.4 is 15.9 Å². The average Bonchev–Trinajstić information content (AvgIpc) is 3.06. The largest absolute Gasteiger partial charge is 0.489 e. The second kappa shape index (κ2) is 8.72. The Bertz CT molecular complexity index is 895. The van der Waals surface area contributed by atoms with Crippen molar-refractivity contribution in [2.75, 3.05) is 5.73 Å². The van der Waals surface area contributed by atoms with Gasteiger partial charge in [0.2, 0.25) is 11.0 Å². The smallest absolute Gasteiger partial charge is 0.247 e. The molecule has 8 heteroatoms. The zero-order chi connectivity index (χ0) is 18.2. The van der Waals surface area contributed by atoms with Gasteiger partial charge in [0.15, 0.2) is 0 Å². The van der Waals surface area contributed by atoms with Gasteiger partial charge >= 0.3 is 0 Å².